The van der Waals surface area contributed by atoms with Crippen molar-refractivity contribution >= 4 is 44.8 Å². The topological polar surface area (TPSA) is 177 Å². The molecule has 1 heterocycles. The van der Waals surface area contributed by atoms with E-state index in [1.807, 2.05) is 71.9 Å². The molecular formula is C56H75N3O12S. The molecule has 0 amide bonds. The van der Waals surface area contributed by atoms with E-state index in [1.54, 1.807) is 11.3 Å². The van der Waals surface area contributed by atoms with Gasteiger partial charge in [-0.3, -0.25) is 9.59 Å². The number of carbonyl (C=O) groups excluding carboxylic acids is 2. The summed E-state index contributed by atoms with van der Waals surface area (Å²) in [6.07, 6.45) is 22.6. The van der Waals surface area contributed by atoms with E-state index >= 15 is 0 Å². The molecule has 15 nitrogen and oxygen atoms in total. The number of esters is 2. The smallest absolute Gasteiger partial charge is 0.314 e. The van der Waals surface area contributed by atoms with Crippen LogP contribution in [0.25, 0.3) is 10.2 Å². The van der Waals surface area contributed by atoms with Crippen LogP contribution in [0.15, 0.2) is 94.9 Å². The number of thiazole rings is 1. The molecule has 3 aromatic rings. The van der Waals surface area contributed by atoms with Crippen molar-refractivity contribution in [2.45, 2.75) is 110 Å². The maximum absolute atomic E-state index is 13.2. The van der Waals surface area contributed by atoms with Crippen LogP contribution >= 0.6 is 11.3 Å². The second kappa shape index (κ2) is 30.1. The van der Waals surface area contributed by atoms with E-state index in [9.17, 15) is 9.59 Å². The number of allylic oxidation sites excluding steroid dienone is 8. The van der Waals surface area contributed by atoms with E-state index in [-0.39, 0.29) is 42.9 Å². The molecule has 1 aromatic heterocycles. The Labute approximate surface area is 428 Å². The zero-order valence-corrected chi connectivity index (χ0v) is 42.9. The van der Waals surface area contributed by atoms with E-state index in [2.05, 4.69) is 13.0 Å². The highest BCUT2D eigenvalue weighted by molar-refractivity contribution is 7.22. The van der Waals surface area contributed by atoms with Gasteiger partial charge < -0.3 is 48.1 Å². The van der Waals surface area contributed by atoms with E-state index in [4.69, 9.17) is 58.2 Å². The van der Waals surface area contributed by atoms with Crippen molar-refractivity contribution < 1.29 is 57.7 Å². The molecule has 0 bridgehead atoms. The summed E-state index contributed by atoms with van der Waals surface area (Å²) in [5.41, 5.74) is 1.77. The van der Waals surface area contributed by atoms with Crippen LogP contribution in [0.1, 0.15) is 115 Å². The van der Waals surface area contributed by atoms with Crippen LogP contribution in [0.5, 0.6) is 11.5 Å². The van der Waals surface area contributed by atoms with Crippen molar-refractivity contribution in [1.82, 2.24) is 4.98 Å². The number of anilines is 1. The maximum atomic E-state index is 13.2. The lowest BCUT2D eigenvalue weighted by Gasteiger charge is -2.28. The number of benzene rings is 2. The Balaban J connectivity index is 0.930. The molecule has 4 aliphatic carbocycles. The Morgan fingerprint density at radius 1 is 0.667 bits per heavy atom. The van der Waals surface area contributed by atoms with Crippen LogP contribution in [0.4, 0.5) is 5.13 Å². The lowest BCUT2D eigenvalue weighted by molar-refractivity contribution is -0.147. The van der Waals surface area contributed by atoms with Crippen LogP contribution in [0.3, 0.4) is 0 Å². The summed E-state index contributed by atoms with van der Waals surface area (Å²) >= 11 is 1.64. The number of hydrazone groups is 1. The number of nitrogens with zero attached hydrogens (tertiary/aromatic N) is 3. The number of aliphatic hydroxyl groups excluding tert-OH is 2. The highest BCUT2D eigenvalue weighted by Crippen LogP contribution is 2.35. The third-order valence-electron chi connectivity index (χ3n) is 13.5. The summed E-state index contributed by atoms with van der Waals surface area (Å²) < 4.78 is 47.9. The standard InChI is InChI=1S/C56H75N3O12S/c1-2-3-4-7-28-59(56-58-51-8-5-6-9-53(51)72-56)57-38-45-37-50(68-39-41-10-14-43(15-11-41)54(62)70-48-22-18-46(19-23-48)66-35-33-64-31-29-60)26-27-52(45)69-40-42-12-16-44(17-13-42)55(63)71-49-24-20-47(21-25-49)67-36-34-65-32-30-61/h5-6,8-9,18,20,22,24,26-27,37-38,41-44,60-61H,2-4,7,10-17,19,21,23,25,28-36,39-40H2,1H3/b57-38+. The van der Waals surface area contributed by atoms with Gasteiger partial charge in [-0.25, -0.2) is 9.99 Å². The van der Waals surface area contributed by atoms with E-state index in [0.717, 1.165) is 121 Å². The van der Waals surface area contributed by atoms with Crippen LogP contribution in [-0.2, 0) is 38.0 Å². The molecule has 0 unspecified atom stereocenters. The minimum Gasteiger partial charge on any atom is -0.496 e. The minimum absolute atomic E-state index is 0.0114. The van der Waals surface area contributed by atoms with Gasteiger partial charge in [-0.15, -0.1) is 0 Å². The monoisotopic (exact) mass is 1010 g/mol. The second-order valence-electron chi connectivity index (χ2n) is 18.9. The molecule has 16 heteroatoms. The second-order valence-corrected chi connectivity index (χ2v) is 19.9. The van der Waals surface area contributed by atoms with Crippen LogP contribution in [-0.4, -0.2) is 106 Å². The molecule has 7 rings (SSSR count). The van der Waals surface area contributed by atoms with Gasteiger partial charge in [0.25, 0.3) is 0 Å². The Kier molecular flexibility index (Phi) is 22.8. The average molecular weight is 1010 g/mol. The van der Waals surface area contributed by atoms with Crippen molar-refractivity contribution in [3.05, 3.63) is 95.4 Å². The molecule has 72 heavy (non-hydrogen) atoms. The first kappa shape index (κ1) is 54.5. The van der Waals surface area contributed by atoms with Crippen LogP contribution in [0, 0.1) is 23.7 Å². The largest absolute Gasteiger partial charge is 0.496 e. The summed E-state index contributed by atoms with van der Waals surface area (Å²) in [4.78, 5) is 31.4. The lowest BCUT2D eigenvalue weighted by Crippen LogP contribution is -2.26. The zero-order chi connectivity index (χ0) is 50.2. The van der Waals surface area contributed by atoms with Crippen molar-refractivity contribution in [1.29, 1.82) is 0 Å². The van der Waals surface area contributed by atoms with Gasteiger partial charge in [0.1, 0.15) is 36.2 Å². The van der Waals surface area contributed by atoms with E-state index < -0.39 is 0 Å². The number of rotatable bonds is 30. The number of para-hydroxylation sites is 1. The molecule has 0 spiro atoms. The highest BCUT2D eigenvalue weighted by atomic mass is 32.1. The number of carbonyl (C=O) groups is 2. The molecule has 0 saturated heterocycles. The number of unbranched alkanes of at least 4 members (excludes halogenated alkanes) is 3. The Bertz CT molecular complexity index is 2280. The van der Waals surface area contributed by atoms with Crippen molar-refractivity contribution in [2.75, 3.05) is 77.6 Å². The van der Waals surface area contributed by atoms with Gasteiger partial charge in [0, 0.05) is 37.8 Å². The normalized spacial score (nSPS) is 20.3. The number of aromatic nitrogens is 1. The molecule has 2 fully saturated rings. The fourth-order valence-corrected chi connectivity index (χ4v) is 10.2. The summed E-state index contributed by atoms with van der Waals surface area (Å²) in [6.45, 7) is 6.21. The van der Waals surface area contributed by atoms with Gasteiger partial charge in [0.05, 0.1) is 92.6 Å². The molecule has 0 aliphatic heterocycles. The van der Waals surface area contributed by atoms with E-state index in [1.165, 1.54) is 6.42 Å². The quantitative estimate of drug-likeness (QED) is 0.0279. The first-order valence-electron chi connectivity index (χ1n) is 26.3. The fourth-order valence-electron chi connectivity index (χ4n) is 9.22. The number of aliphatic hydroxyl groups is 2. The van der Waals surface area contributed by atoms with Gasteiger partial charge in [0.15, 0.2) is 0 Å². The summed E-state index contributed by atoms with van der Waals surface area (Å²) in [5, 5.41) is 25.6. The molecule has 392 valence electrons. The van der Waals surface area contributed by atoms with Crippen LogP contribution in [0.2, 0.25) is 0 Å². The Morgan fingerprint density at radius 3 is 1.79 bits per heavy atom. The third kappa shape index (κ3) is 17.7. The minimum atomic E-state index is -0.168. The third-order valence-corrected chi connectivity index (χ3v) is 14.5. The van der Waals surface area contributed by atoms with Gasteiger partial charge in [-0.05, 0) is 124 Å². The Hall–Kier alpha value is -5.26. The molecule has 2 aromatic carbocycles. The lowest BCUT2D eigenvalue weighted by atomic mass is 9.82. The van der Waals surface area contributed by atoms with Crippen molar-refractivity contribution in [3.63, 3.8) is 0 Å². The number of hydrogen-bond donors (Lipinski definition) is 2. The SMILES string of the molecule is CCCCCCN(/N=C/c1cc(OCC2CCC(C(=O)OC3=CC=C(OCCOCCO)CC3)CC2)ccc1OCC1CCC(C(=O)OC2=CC=C(OCCOCCO)CC2)CC1)c1nc2ccccc2s1. The van der Waals surface area contributed by atoms with Crippen molar-refractivity contribution in [3.8, 4) is 11.5 Å². The average Bonchev–Trinajstić information content (AvgIpc) is 3.85. The first-order valence-corrected chi connectivity index (χ1v) is 27.1. The molecule has 4 aliphatic rings. The summed E-state index contributed by atoms with van der Waals surface area (Å²) in [7, 11) is 0. The van der Waals surface area contributed by atoms with Gasteiger partial charge in [-0.2, -0.15) is 5.10 Å². The summed E-state index contributed by atoms with van der Waals surface area (Å²) in [6, 6.07) is 14.1. The predicted molar refractivity (Wildman–Crippen MR) is 278 cm³/mol. The zero-order valence-electron chi connectivity index (χ0n) is 42.1. The van der Waals surface area contributed by atoms with Crippen molar-refractivity contribution in [2.24, 2.45) is 28.8 Å². The first-order chi connectivity index (χ1) is 35.4. The van der Waals surface area contributed by atoms with Gasteiger partial charge >= 0.3 is 11.9 Å². The maximum Gasteiger partial charge on any atom is 0.314 e. The fraction of sp³-hybridized carbons (Fsp3) is 0.571. The molecular weight excluding hydrogens is 939 g/mol. The number of fused-ring (bicyclic) bond motifs is 1. The molecule has 0 radical (unpaired) electrons. The Morgan fingerprint density at radius 2 is 1.24 bits per heavy atom. The molecule has 2 saturated carbocycles. The van der Waals surface area contributed by atoms with E-state index in [0.29, 0.717) is 96.0 Å². The highest BCUT2D eigenvalue weighted by Gasteiger charge is 2.31. The molecule has 2 N–H and O–H groups in total. The van der Waals surface area contributed by atoms with Crippen LogP contribution < -0.4 is 14.5 Å². The molecule has 0 atom stereocenters. The van der Waals surface area contributed by atoms with Gasteiger partial charge in [-0.1, -0.05) is 49.7 Å². The number of ether oxygens (including phenoxy) is 8. The summed E-state index contributed by atoms with van der Waals surface area (Å²) in [5.74, 6) is 4.41. The predicted octanol–water partition coefficient (Wildman–Crippen LogP) is 10.3. The van der Waals surface area contributed by atoms with Gasteiger partial charge in [0.2, 0.25) is 5.13 Å². The number of hydrogen-bond acceptors (Lipinski definition) is 16.